The first-order valence-corrected chi connectivity index (χ1v) is 8.44. The van der Waals surface area contributed by atoms with Gasteiger partial charge in [-0.3, -0.25) is 0 Å². The van der Waals surface area contributed by atoms with Crippen LogP contribution in [-0.4, -0.2) is 23.9 Å². The van der Waals surface area contributed by atoms with Gasteiger partial charge in [0, 0.05) is 5.54 Å². The molecule has 0 unspecified atom stereocenters. The van der Waals surface area contributed by atoms with Crippen molar-refractivity contribution in [2.75, 3.05) is 13.2 Å². The van der Waals surface area contributed by atoms with Crippen LogP contribution >= 0.6 is 0 Å². The fourth-order valence-electron chi connectivity index (χ4n) is 3.10. The van der Waals surface area contributed by atoms with Crippen LogP contribution in [0.5, 0.6) is 5.75 Å². The summed E-state index contributed by atoms with van der Waals surface area (Å²) in [6, 6.07) is 8.37. The molecule has 0 bridgehead atoms. The Morgan fingerprint density at radius 2 is 2.09 bits per heavy atom. The first kappa shape index (κ1) is 17.0. The Hall–Kier alpha value is -1.32. The normalized spacial score (nSPS) is 25.0. The van der Waals surface area contributed by atoms with Crippen LogP contribution in [0.15, 0.2) is 36.4 Å². The number of unbranched alkanes of at least 4 members (excludes halogenated alkanes) is 1. The fraction of sp³-hybridized carbons (Fsp3) is 0.579. The zero-order valence-corrected chi connectivity index (χ0v) is 13.6. The topological polar surface area (TPSA) is 55.5 Å². The van der Waals surface area contributed by atoms with Crippen molar-refractivity contribution in [1.29, 1.82) is 0 Å². The number of benzene rings is 1. The highest BCUT2D eigenvalue weighted by atomic mass is 16.5. The lowest BCUT2D eigenvalue weighted by molar-refractivity contribution is 0.198. The minimum Gasteiger partial charge on any atom is -0.494 e. The lowest BCUT2D eigenvalue weighted by Crippen LogP contribution is -2.40. The molecule has 3 N–H and O–H groups in total. The van der Waals surface area contributed by atoms with Crippen LogP contribution in [0.2, 0.25) is 0 Å². The van der Waals surface area contributed by atoms with E-state index in [2.05, 4.69) is 31.2 Å². The summed E-state index contributed by atoms with van der Waals surface area (Å²) in [6.45, 7) is 2.98. The molecule has 1 aliphatic carbocycles. The van der Waals surface area contributed by atoms with Crippen molar-refractivity contribution in [2.45, 2.75) is 56.9 Å². The molecule has 3 nitrogen and oxygen atoms in total. The SMILES string of the molecule is CC/C=C\CCCOc1ccc([C@@H]2CC[C@](N)(CO)C2)cc1. The van der Waals surface area contributed by atoms with Gasteiger partial charge in [0.05, 0.1) is 13.2 Å². The summed E-state index contributed by atoms with van der Waals surface area (Å²) in [6.07, 6.45) is 10.5. The zero-order valence-electron chi connectivity index (χ0n) is 13.6. The summed E-state index contributed by atoms with van der Waals surface area (Å²) < 4.78 is 5.77. The predicted molar refractivity (Wildman–Crippen MR) is 91.2 cm³/mol. The molecule has 0 aromatic heterocycles. The van der Waals surface area contributed by atoms with Crippen molar-refractivity contribution in [3.05, 3.63) is 42.0 Å². The molecular weight excluding hydrogens is 274 g/mol. The van der Waals surface area contributed by atoms with E-state index in [0.717, 1.165) is 50.9 Å². The van der Waals surface area contributed by atoms with E-state index >= 15 is 0 Å². The highest BCUT2D eigenvalue weighted by Gasteiger charge is 2.35. The van der Waals surface area contributed by atoms with Crippen molar-refractivity contribution < 1.29 is 9.84 Å². The van der Waals surface area contributed by atoms with E-state index in [1.165, 1.54) is 5.56 Å². The summed E-state index contributed by atoms with van der Waals surface area (Å²) in [4.78, 5) is 0. The largest absolute Gasteiger partial charge is 0.494 e. The van der Waals surface area contributed by atoms with E-state index < -0.39 is 0 Å². The molecule has 3 heteroatoms. The number of aliphatic hydroxyl groups is 1. The van der Waals surface area contributed by atoms with Crippen LogP contribution in [0.3, 0.4) is 0 Å². The monoisotopic (exact) mass is 303 g/mol. The third-order valence-corrected chi connectivity index (χ3v) is 4.50. The minimum atomic E-state index is -0.383. The molecular formula is C19H29NO2. The second-order valence-corrected chi connectivity index (χ2v) is 6.40. The predicted octanol–water partition coefficient (Wildman–Crippen LogP) is 3.77. The fourth-order valence-corrected chi connectivity index (χ4v) is 3.10. The first-order valence-electron chi connectivity index (χ1n) is 8.44. The molecule has 0 amide bonds. The molecule has 1 aromatic carbocycles. The van der Waals surface area contributed by atoms with Crippen LogP contribution in [0.4, 0.5) is 0 Å². The summed E-state index contributed by atoms with van der Waals surface area (Å²) in [5.41, 5.74) is 7.07. The van der Waals surface area contributed by atoms with Gasteiger partial charge < -0.3 is 15.6 Å². The van der Waals surface area contributed by atoms with Gasteiger partial charge in [-0.1, -0.05) is 31.2 Å². The molecule has 2 rings (SSSR count). The van der Waals surface area contributed by atoms with Gasteiger partial charge in [0.15, 0.2) is 0 Å². The molecule has 0 saturated heterocycles. The van der Waals surface area contributed by atoms with E-state index in [1.807, 2.05) is 12.1 Å². The van der Waals surface area contributed by atoms with Gasteiger partial charge in [-0.2, -0.15) is 0 Å². The molecule has 0 heterocycles. The van der Waals surface area contributed by atoms with Gasteiger partial charge in [0.2, 0.25) is 0 Å². The zero-order chi connectivity index (χ0) is 15.8. The third kappa shape index (κ3) is 4.85. The number of aliphatic hydroxyl groups excluding tert-OH is 1. The Labute approximate surface area is 134 Å². The second-order valence-electron chi connectivity index (χ2n) is 6.40. The highest BCUT2D eigenvalue weighted by Crippen LogP contribution is 2.39. The number of nitrogens with two attached hydrogens (primary N) is 1. The summed E-state index contributed by atoms with van der Waals surface area (Å²) >= 11 is 0. The lowest BCUT2D eigenvalue weighted by Gasteiger charge is -2.21. The molecule has 1 aromatic rings. The molecule has 22 heavy (non-hydrogen) atoms. The molecule has 1 fully saturated rings. The molecule has 122 valence electrons. The maximum Gasteiger partial charge on any atom is 0.119 e. The van der Waals surface area contributed by atoms with Crippen LogP contribution in [0, 0.1) is 0 Å². The third-order valence-electron chi connectivity index (χ3n) is 4.50. The molecule has 0 aliphatic heterocycles. The summed E-state index contributed by atoms with van der Waals surface area (Å²) in [5.74, 6) is 1.40. The first-order chi connectivity index (χ1) is 10.7. The molecule has 1 saturated carbocycles. The van der Waals surface area contributed by atoms with Crippen LogP contribution in [0.25, 0.3) is 0 Å². The lowest BCUT2D eigenvalue weighted by atomic mass is 9.94. The van der Waals surface area contributed by atoms with Crippen LogP contribution in [-0.2, 0) is 0 Å². The average molecular weight is 303 g/mol. The molecule has 1 aliphatic rings. The van der Waals surface area contributed by atoms with Gasteiger partial charge >= 0.3 is 0 Å². The maximum atomic E-state index is 9.36. The van der Waals surface area contributed by atoms with Gasteiger partial charge in [0.1, 0.15) is 5.75 Å². The van der Waals surface area contributed by atoms with E-state index in [4.69, 9.17) is 10.5 Å². The average Bonchev–Trinajstić information content (AvgIpc) is 2.94. The molecule has 2 atom stereocenters. The summed E-state index contributed by atoms with van der Waals surface area (Å²) in [5, 5.41) is 9.36. The minimum absolute atomic E-state index is 0.0805. The summed E-state index contributed by atoms with van der Waals surface area (Å²) in [7, 11) is 0. The Morgan fingerprint density at radius 3 is 2.73 bits per heavy atom. The maximum absolute atomic E-state index is 9.36. The van der Waals surface area contributed by atoms with Crippen molar-refractivity contribution in [3.8, 4) is 5.75 Å². The number of allylic oxidation sites excluding steroid dienone is 2. The van der Waals surface area contributed by atoms with Crippen LogP contribution in [0.1, 0.15) is 56.9 Å². The van der Waals surface area contributed by atoms with E-state index in [-0.39, 0.29) is 12.1 Å². The Kier molecular flexibility index (Phi) is 6.47. The Balaban J connectivity index is 1.77. The van der Waals surface area contributed by atoms with Gasteiger partial charge in [0.25, 0.3) is 0 Å². The van der Waals surface area contributed by atoms with Crippen molar-refractivity contribution >= 4 is 0 Å². The quantitative estimate of drug-likeness (QED) is 0.568. The van der Waals surface area contributed by atoms with E-state index in [0.29, 0.717) is 5.92 Å². The standard InChI is InChI=1S/C19H29NO2/c1-2-3-4-5-6-13-22-18-9-7-16(8-10-18)17-11-12-19(20,14-17)15-21/h3-4,7-10,17,21H,2,5-6,11-15,20H2,1H3/b4-3-/t17-,19-/m1/s1. The Morgan fingerprint density at radius 1 is 1.32 bits per heavy atom. The number of hydrogen-bond acceptors (Lipinski definition) is 3. The smallest absolute Gasteiger partial charge is 0.119 e. The molecule has 0 radical (unpaired) electrons. The number of rotatable bonds is 8. The number of ether oxygens (including phenoxy) is 1. The van der Waals surface area contributed by atoms with Crippen molar-refractivity contribution in [1.82, 2.24) is 0 Å². The van der Waals surface area contributed by atoms with E-state index in [9.17, 15) is 5.11 Å². The highest BCUT2D eigenvalue weighted by molar-refractivity contribution is 5.30. The van der Waals surface area contributed by atoms with Gasteiger partial charge in [-0.15, -0.1) is 0 Å². The van der Waals surface area contributed by atoms with Crippen molar-refractivity contribution in [3.63, 3.8) is 0 Å². The van der Waals surface area contributed by atoms with Gasteiger partial charge in [-0.25, -0.2) is 0 Å². The van der Waals surface area contributed by atoms with Gasteiger partial charge in [-0.05, 0) is 62.1 Å². The van der Waals surface area contributed by atoms with Crippen molar-refractivity contribution in [2.24, 2.45) is 5.73 Å². The Bertz CT molecular complexity index is 469. The van der Waals surface area contributed by atoms with Crippen LogP contribution < -0.4 is 10.5 Å². The second kappa shape index (κ2) is 8.35. The molecule has 0 spiro atoms. The van der Waals surface area contributed by atoms with E-state index in [1.54, 1.807) is 0 Å². The number of hydrogen-bond donors (Lipinski definition) is 2.